The lowest BCUT2D eigenvalue weighted by molar-refractivity contribution is -0.310. The minimum atomic E-state index is -0.912. The molecular weight excluding hydrogens is 296 g/mol. The van der Waals surface area contributed by atoms with Crippen LogP contribution in [0.2, 0.25) is 0 Å². The zero-order chi connectivity index (χ0) is 16.4. The molecule has 1 saturated heterocycles. The fourth-order valence-corrected chi connectivity index (χ4v) is 2.26. The summed E-state index contributed by atoms with van der Waals surface area (Å²) in [6, 6.07) is 0. The summed E-state index contributed by atoms with van der Waals surface area (Å²) in [4.78, 5) is 0. The SMILES string of the molecule is CO[C@H]1OC(COCOCN)[C@@H](OC)[C@H](O)C1OCCCN. The number of hydrogen-bond donors (Lipinski definition) is 3. The fourth-order valence-electron chi connectivity index (χ4n) is 2.26. The molecule has 0 aromatic heterocycles. The van der Waals surface area contributed by atoms with Gasteiger partial charge in [0.25, 0.3) is 0 Å². The smallest absolute Gasteiger partial charge is 0.186 e. The van der Waals surface area contributed by atoms with E-state index in [1.165, 1.54) is 14.2 Å². The third-order valence-corrected chi connectivity index (χ3v) is 3.35. The molecule has 9 heteroatoms. The first-order valence-corrected chi connectivity index (χ1v) is 7.25. The molecule has 0 spiro atoms. The second-order valence-corrected chi connectivity index (χ2v) is 4.81. The molecule has 0 amide bonds. The molecule has 0 saturated carbocycles. The maximum absolute atomic E-state index is 10.5. The number of aliphatic hydroxyl groups excluding tert-OH is 1. The Balaban J connectivity index is 2.59. The summed E-state index contributed by atoms with van der Waals surface area (Å²) < 4.78 is 32.1. The minimum Gasteiger partial charge on any atom is -0.387 e. The quantitative estimate of drug-likeness (QED) is 0.303. The standard InChI is InChI=1S/C13H28N2O7/c1-17-11-9(6-19-8-20-7-15)22-13(18-2)12(10(11)16)21-5-3-4-14/h9-13,16H,3-8,14-15H2,1-2H3/t9?,10-,11+,12?,13-/m0/s1. The van der Waals surface area contributed by atoms with Crippen LogP contribution in [0.4, 0.5) is 0 Å². The summed E-state index contributed by atoms with van der Waals surface area (Å²) in [6.07, 6.45) is -2.72. The highest BCUT2D eigenvalue weighted by atomic mass is 16.7. The number of aliphatic hydroxyl groups is 1. The first-order chi connectivity index (χ1) is 10.7. The van der Waals surface area contributed by atoms with Crippen LogP contribution in [0.15, 0.2) is 0 Å². The highest BCUT2D eigenvalue weighted by Gasteiger charge is 2.46. The van der Waals surface area contributed by atoms with Gasteiger partial charge < -0.3 is 45.0 Å². The van der Waals surface area contributed by atoms with Gasteiger partial charge in [-0.1, -0.05) is 0 Å². The third kappa shape index (κ3) is 5.69. The Bertz CT molecular complexity index is 283. The molecule has 5 atom stereocenters. The number of methoxy groups -OCH3 is 2. The molecule has 5 N–H and O–H groups in total. The molecule has 0 radical (unpaired) electrons. The van der Waals surface area contributed by atoms with Crippen LogP contribution in [0.3, 0.4) is 0 Å². The number of rotatable bonds is 11. The number of hydrogen-bond acceptors (Lipinski definition) is 9. The topological polar surface area (TPSA) is 128 Å². The third-order valence-electron chi connectivity index (χ3n) is 3.35. The van der Waals surface area contributed by atoms with Gasteiger partial charge in [0.05, 0.1) is 13.3 Å². The Morgan fingerprint density at radius 3 is 2.45 bits per heavy atom. The summed E-state index contributed by atoms with van der Waals surface area (Å²) in [5.74, 6) is 0. The first kappa shape index (κ1) is 19.7. The molecule has 0 aromatic rings. The summed E-state index contributed by atoms with van der Waals surface area (Å²) >= 11 is 0. The number of ether oxygens (including phenoxy) is 6. The largest absolute Gasteiger partial charge is 0.387 e. The van der Waals surface area contributed by atoms with E-state index in [0.717, 1.165) is 0 Å². The molecule has 0 bridgehead atoms. The molecule has 9 nitrogen and oxygen atoms in total. The van der Waals surface area contributed by atoms with Gasteiger partial charge in [0, 0.05) is 20.8 Å². The van der Waals surface area contributed by atoms with Crippen LogP contribution in [0.1, 0.15) is 6.42 Å². The summed E-state index contributed by atoms with van der Waals surface area (Å²) in [5, 5.41) is 10.5. The Kier molecular flexibility index (Phi) is 10.0. The highest BCUT2D eigenvalue weighted by molar-refractivity contribution is 4.91. The van der Waals surface area contributed by atoms with Crippen molar-refractivity contribution in [1.82, 2.24) is 0 Å². The van der Waals surface area contributed by atoms with Gasteiger partial charge in [0.2, 0.25) is 0 Å². The second kappa shape index (κ2) is 11.2. The molecular formula is C13H28N2O7. The first-order valence-electron chi connectivity index (χ1n) is 7.25. The molecule has 22 heavy (non-hydrogen) atoms. The van der Waals surface area contributed by atoms with Crippen LogP contribution in [0, 0.1) is 0 Å². The molecule has 1 aliphatic heterocycles. The van der Waals surface area contributed by atoms with Crippen molar-refractivity contribution < 1.29 is 33.5 Å². The van der Waals surface area contributed by atoms with Crippen molar-refractivity contribution in [3.05, 3.63) is 0 Å². The van der Waals surface area contributed by atoms with E-state index >= 15 is 0 Å². The van der Waals surface area contributed by atoms with Crippen molar-refractivity contribution in [2.24, 2.45) is 11.5 Å². The van der Waals surface area contributed by atoms with Crippen LogP contribution in [-0.4, -0.2) is 83.3 Å². The van der Waals surface area contributed by atoms with E-state index in [4.69, 9.17) is 39.9 Å². The van der Waals surface area contributed by atoms with E-state index in [0.29, 0.717) is 19.6 Å². The van der Waals surface area contributed by atoms with E-state index in [1.807, 2.05) is 0 Å². The zero-order valence-electron chi connectivity index (χ0n) is 13.2. The van der Waals surface area contributed by atoms with Crippen molar-refractivity contribution in [2.75, 3.05) is 47.5 Å². The lowest BCUT2D eigenvalue weighted by Crippen LogP contribution is -2.60. The van der Waals surface area contributed by atoms with E-state index in [2.05, 4.69) is 0 Å². The number of nitrogens with two attached hydrogens (primary N) is 2. The second-order valence-electron chi connectivity index (χ2n) is 4.81. The van der Waals surface area contributed by atoms with E-state index in [-0.39, 0.29) is 20.1 Å². The van der Waals surface area contributed by atoms with Gasteiger partial charge in [-0.2, -0.15) is 0 Å². The Hall–Kier alpha value is -0.360. The molecule has 1 aliphatic rings. The van der Waals surface area contributed by atoms with Crippen molar-refractivity contribution in [3.8, 4) is 0 Å². The normalized spacial score (nSPS) is 32.3. The van der Waals surface area contributed by atoms with Crippen molar-refractivity contribution >= 4 is 0 Å². The molecule has 0 aliphatic carbocycles. The van der Waals surface area contributed by atoms with Crippen LogP contribution in [0.5, 0.6) is 0 Å². The van der Waals surface area contributed by atoms with Crippen molar-refractivity contribution in [2.45, 2.75) is 37.1 Å². The molecule has 1 rings (SSSR count). The Labute approximate surface area is 130 Å². The average molecular weight is 324 g/mol. The van der Waals surface area contributed by atoms with Gasteiger partial charge in [0.15, 0.2) is 6.29 Å². The molecule has 1 heterocycles. The maximum Gasteiger partial charge on any atom is 0.186 e. The van der Waals surface area contributed by atoms with E-state index in [1.54, 1.807) is 0 Å². The Morgan fingerprint density at radius 1 is 1.09 bits per heavy atom. The van der Waals surface area contributed by atoms with Gasteiger partial charge in [-0.15, -0.1) is 0 Å². The molecule has 2 unspecified atom stereocenters. The van der Waals surface area contributed by atoms with Gasteiger partial charge in [0.1, 0.15) is 31.2 Å². The fraction of sp³-hybridized carbons (Fsp3) is 1.00. The van der Waals surface area contributed by atoms with Crippen LogP contribution >= 0.6 is 0 Å². The lowest BCUT2D eigenvalue weighted by atomic mass is 9.99. The van der Waals surface area contributed by atoms with Crippen molar-refractivity contribution in [3.63, 3.8) is 0 Å². The Morgan fingerprint density at radius 2 is 1.86 bits per heavy atom. The van der Waals surface area contributed by atoms with E-state index in [9.17, 15) is 5.11 Å². The van der Waals surface area contributed by atoms with Crippen LogP contribution in [0.25, 0.3) is 0 Å². The van der Waals surface area contributed by atoms with E-state index < -0.39 is 30.7 Å². The van der Waals surface area contributed by atoms with Gasteiger partial charge in [-0.05, 0) is 13.0 Å². The van der Waals surface area contributed by atoms with Gasteiger partial charge in [-0.25, -0.2) is 0 Å². The van der Waals surface area contributed by atoms with Gasteiger partial charge >= 0.3 is 0 Å². The van der Waals surface area contributed by atoms with Crippen molar-refractivity contribution in [1.29, 1.82) is 0 Å². The van der Waals surface area contributed by atoms with Gasteiger partial charge in [-0.3, -0.25) is 0 Å². The monoisotopic (exact) mass is 324 g/mol. The lowest BCUT2D eigenvalue weighted by Gasteiger charge is -2.43. The molecule has 132 valence electrons. The molecule has 0 aromatic carbocycles. The average Bonchev–Trinajstić information content (AvgIpc) is 2.53. The van der Waals surface area contributed by atoms with Crippen LogP contribution < -0.4 is 11.5 Å². The highest BCUT2D eigenvalue weighted by Crippen LogP contribution is 2.26. The molecule has 1 fully saturated rings. The minimum absolute atomic E-state index is 0.0387. The maximum atomic E-state index is 10.5. The summed E-state index contributed by atoms with van der Waals surface area (Å²) in [7, 11) is 2.98. The van der Waals surface area contributed by atoms with Crippen LogP contribution in [-0.2, 0) is 28.4 Å². The predicted molar refractivity (Wildman–Crippen MR) is 76.8 cm³/mol. The zero-order valence-corrected chi connectivity index (χ0v) is 13.2. The summed E-state index contributed by atoms with van der Waals surface area (Å²) in [6.45, 7) is 1.19. The summed E-state index contributed by atoms with van der Waals surface area (Å²) in [5.41, 5.74) is 10.6. The predicted octanol–water partition coefficient (Wildman–Crippen LogP) is -1.63.